The molecule has 1 amide bonds. The largest absolute Gasteiger partial charge is 0.323 e. The summed E-state index contributed by atoms with van der Waals surface area (Å²) in [7, 11) is -3.93. The zero-order valence-corrected chi connectivity index (χ0v) is 22.4. The van der Waals surface area contributed by atoms with Crippen LogP contribution in [0.25, 0.3) is 0 Å². The Kier molecular flexibility index (Phi) is 10.5. The van der Waals surface area contributed by atoms with Gasteiger partial charge in [0.05, 0.1) is 5.75 Å². The van der Waals surface area contributed by atoms with Crippen molar-refractivity contribution in [2.75, 3.05) is 11.1 Å². The Labute approximate surface area is 211 Å². The maximum absolute atomic E-state index is 12.3. The number of anilines is 1. The van der Waals surface area contributed by atoms with Crippen molar-refractivity contribution < 1.29 is 17.8 Å². The van der Waals surface area contributed by atoms with Gasteiger partial charge in [0.25, 0.3) is 10.1 Å². The van der Waals surface area contributed by atoms with E-state index < -0.39 is 10.1 Å². The smallest absolute Gasteiger partial charge is 0.264 e. The maximum atomic E-state index is 12.3. The lowest BCUT2D eigenvalue weighted by molar-refractivity contribution is -0.111. The lowest BCUT2D eigenvalue weighted by Crippen LogP contribution is -2.19. The number of benzene rings is 1. The molecule has 2 N–H and O–H groups in total. The molecule has 35 heavy (non-hydrogen) atoms. The first-order chi connectivity index (χ1) is 16.4. The van der Waals surface area contributed by atoms with E-state index in [1.807, 2.05) is 37.3 Å². The van der Waals surface area contributed by atoms with Crippen molar-refractivity contribution in [3.05, 3.63) is 88.6 Å². The number of carbonyl (C=O) groups excluding carboxylic acids is 1. The summed E-state index contributed by atoms with van der Waals surface area (Å²) >= 11 is 0. The van der Waals surface area contributed by atoms with Gasteiger partial charge in [-0.05, 0) is 87.1 Å². The lowest BCUT2D eigenvalue weighted by Gasteiger charge is -2.32. The summed E-state index contributed by atoms with van der Waals surface area (Å²) in [6.45, 7) is 10.8. The standard InChI is InChI=1S/C29H39NO4S/c1-22(13-18-27-24(3)11-7-19-29(27,4)5)9-6-10-23(2)21-28(31)30-26-16-14-25(15-17-26)12-8-20-35(32,33)34/h6,9-10,13-18,21H,7-8,11-12,19-20H2,1-5H3,(H,30,31)(H,32,33,34)/b10-6+,18-13+,22-9+,23-21+. The molecule has 0 spiro atoms. The van der Waals surface area contributed by atoms with Crippen LogP contribution in [0.3, 0.4) is 0 Å². The molecule has 1 aliphatic carbocycles. The van der Waals surface area contributed by atoms with Crippen LogP contribution in [0.1, 0.15) is 65.9 Å². The van der Waals surface area contributed by atoms with Crippen molar-refractivity contribution in [3.63, 3.8) is 0 Å². The summed E-state index contributed by atoms with van der Waals surface area (Å²) in [5.74, 6) is -0.474. The van der Waals surface area contributed by atoms with E-state index in [-0.39, 0.29) is 17.1 Å². The summed E-state index contributed by atoms with van der Waals surface area (Å²) in [5, 5.41) is 2.83. The Morgan fingerprint density at radius 1 is 1.11 bits per heavy atom. The molecule has 0 aromatic heterocycles. The predicted molar refractivity (Wildman–Crippen MR) is 146 cm³/mol. The highest BCUT2D eigenvalue weighted by molar-refractivity contribution is 7.85. The normalized spacial score (nSPS) is 17.4. The van der Waals surface area contributed by atoms with Crippen LogP contribution in [0, 0.1) is 5.41 Å². The van der Waals surface area contributed by atoms with Gasteiger partial charge in [-0.3, -0.25) is 9.35 Å². The third-order valence-corrected chi connectivity index (χ3v) is 7.03. The monoisotopic (exact) mass is 497 g/mol. The topological polar surface area (TPSA) is 83.5 Å². The molecule has 0 fully saturated rings. The number of rotatable bonds is 10. The molecular formula is C29H39NO4S. The van der Waals surface area contributed by atoms with Gasteiger partial charge in [0.15, 0.2) is 0 Å². The number of nitrogens with one attached hydrogen (secondary N) is 1. The van der Waals surface area contributed by atoms with Crippen LogP contribution in [-0.2, 0) is 21.3 Å². The minimum Gasteiger partial charge on any atom is -0.323 e. The van der Waals surface area contributed by atoms with E-state index in [0.717, 1.165) is 16.7 Å². The van der Waals surface area contributed by atoms with E-state index in [1.165, 1.54) is 30.4 Å². The molecule has 1 aliphatic rings. The van der Waals surface area contributed by atoms with E-state index in [0.29, 0.717) is 18.5 Å². The quantitative estimate of drug-likeness (QED) is 0.208. The van der Waals surface area contributed by atoms with Gasteiger partial charge in [0, 0.05) is 11.8 Å². The Morgan fingerprint density at radius 2 is 1.80 bits per heavy atom. The van der Waals surface area contributed by atoms with Crippen molar-refractivity contribution >= 4 is 21.7 Å². The summed E-state index contributed by atoms with van der Waals surface area (Å²) < 4.78 is 30.4. The van der Waals surface area contributed by atoms with Crippen LogP contribution in [0.5, 0.6) is 0 Å². The van der Waals surface area contributed by atoms with E-state index in [1.54, 1.807) is 18.2 Å². The molecule has 0 bridgehead atoms. The number of hydrogen-bond donors (Lipinski definition) is 2. The van der Waals surface area contributed by atoms with Crippen LogP contribution in [-0.4, -0.2) is 24.6 Å². The molecule has 6 heteroatoms. The third kappa shape index (κ3) is 10.6. The number of hydrogen-bond acceptors (Lipinski definition) is 3. The first-order valence-electron chi connectivity index (χ1n) is 12.1. The van der Waals surface area contributed by atoms with Gasteiger partial charge in [0.2, 0.25) is 5.91 Å². The Bertz CT molecular complexity index is 1150. The van der Waals surface area contributed by atoms with Crippen molar-refractivity contribution in [2.24, 2.45) is 5.41 Å². The molecule has 190 valence electrons. The number of allylic oxidation sites excluding steroid dienone is 9. The Balaban J connectivity index is 1.88. The lowest BCUT2D eigenvalue weighted by atomic mass is 9.72. The minimum absolute atomic E-state index is 0.214. The molecule has 1 aromatic carbocycles. The van der Waals surface area contributed by atoms with Gasteiger partial charge < -0.3 is 5.32 Å². The Morgan fingerprint density at radius 3 is 2.43 bits per heavy atom. The SMILES string of the molecule is CC1=C(/C=C/C(C)=C/C=C/C(C)=C/C(=O)Nc2ccc(CCCS(=O)(=O)O)cc2)C(C)(C)CCC1. The van der Waals surface area contributed by atoms with Gasteiger partial charge >= 0.3 is 0 Å². The van der Waals surface area contributed by atoms with Gasteiger partial charge in [0.1, 0.15) is 0 Å². The molecule has 0 saturated heterocycles. The minimum atomic E-state index is -3.93. The molecule has 0 atom stereocenters. The maximum Gasteiger partial charge on any atom is 0.264 e. The van der Waals surface area contributed by atoms with Crippen LogP contribution in [0.2, 0.25) is 0 Å². The predicted octanol–water partition coefficient (Wildman–Crippen LogP) is 6.98. The van der Waals surface area contributed by atoms with Gasteiger partial charge in [-0.25, -0.2) is 0 Å². The van der Waals surface area contributed by atoms with Crippen LogP contribution in [0.4, 0.5) is 5.69 Å². The fraction of sp³-hybridized carbons (Fsp3) is 0.414. The summed E-state index contributed by atoms with van der Waals surface area (Å²) in [6, 6.07) is 7.23. The molecule has 0 saturated carbocycles. The van der Waals surface area contributed by atoms with Crippen molar-refractivity contribution in [1.82, 2.24) is 0 Å². The molecule has 0 heterocycles. The fourth-order valence-electron chi connectivity index (χ4n) is 4.28. The highest BCUT2D eigenvalue weighted by Gasteiger charge is 2.26. The molecule has 2 rings (SSSR count). The highest BCUT2D eigenvalue weighted by Crippen LogP contribution is 2.40. The molecular weight excluding hydrogens is 458 g/mol. The summed E-state index contributed by atoms with van der Waals surface area (Å²) in [5.41, 5.74) is 6.75. The van der Waals surface area contributed by atoms with E-state index in [9.17, 15) is 13.2 Å². The molecule has 0 unspecified atom stereocenters. The average molecular weight is 498 g/mol. The van der Waals surface area contributed by atoms with Crippen molar-refractivity contribution in [1.29, 1.82) is 0 Å². The van der Waals surface area contributed by atoms with E-state index >= 15 is 0 Å². The first-order valence-corrected chi connectivity index (χ1v) is 13.7. The second-order valence-corrected chi connectivity index (χ2v) is 11.6. The number of carbonyl (C=O) groups is 1. The second-order valence-electron chi connectivity index (χ2n) is 10.00. The van der Waals surface area contributed by atoms with E-state index in [2.05, 4.69) is 45.2 Å². The Hall–Kier alpha value is -2.70. The zero-order chi connectivity index (χ0) is 26.1. The van der Waals surface area contributed by atoms with E-state index in [4.69, 9.17) is 4.55 Å². The van der Waals surface area contributed by atoms with Crippen LogP contribution < -0.4 is 5.32 Å². The average Bonchev–Trinajstić information content (AvgIpc) is 2.73. The third-order valence-electron chi connectivity index (χ3n) is 6.22. The molecule has 0 aliphatic heterocycles. The number of amides is 1. The van der Waals surface area contributed by atoms with Gasteiger partial charge in [-0.2, -0.15) is 8.42 Å². The second kappa shape index (κ2) is 12.8. The molecule has 0 radical (unpaired) electrons. The van der Waals surface area contributed by atoms with Crippen LogP contribution >= 0.6 is 0 Å². The van der Waals surface area contributed by atoms with Gasteiger partial charge in [-0.15, -0.1) is 0 Å². The summed E-state index contributed by atoms with van der Waals surface area (Å²) in [6.07, 6.45) is 16.4. The van der Waals surface area contributed by atoms with Gasteiger partial charge in [-0.1, -0.05) is 67.5 Å². The van der Waals surface area contributed by atoms with Crippen molar-refractivity contribution in [2.45, 2.75) is 66.7 Å². The molecule has 5 nitrogen and oxygen atoms in total. The fourth-order valence-corrected chi connectivity index (χ4v) is 4.79. The van der Waals surface area contributed by atoms with Crippen molar-refractivity contribution in [3.8, 4) is 0 Å². The zero-order valence-electron chi connectivity index (χ0n) is 21.6. The number of aryl methyl sites for hydroxylation is 1. The summed E-state index contributed by atoms with van der Waals surface area (Å²) in [4.78, 5) is 12.3. The first kappa shape index (κ1) is 28.5. The highest BCUT2D eigenvalue weighted by atomic mass is 32.2. The molecule has 1 aromatic rings. The van der Waals surface area contributed by atoms with Crippen LogP contribution in [0.15, 0.2) is 83.0 Å².